The smallest absolute Gasteiger partial charge is 0.222 e. The molecular formula is C21H32N4O2. The van der Waals surface area contributed by atoms with E-state index in [1.54, 1.807) is 0 Å². The first-order valence-corrected chi connectivity index (χ1v) is 10.2. The molecular weight excluding hydrogens is 340 g/mol. The van der Waals surface area contributed by atoms with E-state index >= 15 is 0 Å². The molecule has 0 aromatic heterocycles. The quantitative estimate of drug-likeness (QED) is 0.826. The van der Waals surface area contributed by atoms with Crippen LogP contribution < -0.4 is 10.6 Å². The molecule has 1 aromatic carbocycles. The molecule has 0 radical (unpaired) electrons. The van der Waals surface area contributed by atoms with Crippen LogP contribution in [-0.4, -0.2) is 66.9 Å². The van der Waals surface area contributed by atoms with Crippen molar-refractivity contribution in [2.45, 2.75) is 45.1 Å². The summed E-state index contributed by atoms with van der Waals surface area (Å²) >= 11 is 0. The molecule has 0 spiro atoms. The van der Waals surface area contributed by atoms with Gasteiger partial charge in [0.1, 0.15) is 0 Å². The molecule has 2 aliphatic rings. The summed E-state index contributed by atoms with van der Waals surface area (Å²) < 4.78 is 0. The zero-order valence-electron chi connectivity index (χ0n) is 16.4. The third-order valence-electron chi connectivity index (χ3n) is 5.85. The first kappa shape index (κ1) is 19.7. The lowest BCUT2D eigenvalue weighted by Crippen LogP contribution is -2.56. The van der Waals surface area contributed by atoms with Crippen molar-refractivity contribution in [3.8, 4) is 0 Å². The highest BCUT2D eigenvalue weighted by molar-refractivity contribution is 5.78. The van der Waals surface area contributed by atoms with Crippen molar-refractivity contribution >= 4 is 17.5 Å². The molecule has 3 rings (SSSR count). The number of amides is 2. The van der Waals surface area contributed by atoms with Gasteiger partial charge in [-0.2, -0.15) is 0 Å². The van der Waals surface area contributed by atoms with Gasteiger partial charge in [0.2, 0.25) is 11.8 Å². The van der Waals surface area contributed by atoms with Gasteiger partial charge in [-0.1, -0.05) is 18.2 Å². The Morgan fingerprint density at radius 1 is 1.07 bits per heavy atom. The number of anilines is 1. The molecule has 2 heterocycles. The van der Waals surface area contributed by atoms with Gasteiger partial charge in [0.05, 0.1) is 0 Å². The van der Waals surface area contributed by atoms with E-state index in [1.807, 2.05) is 4.90 Å². The summed E-state index contributed by atoms with van der Waals surface area (Å²) in [7, 11) is 0. The Kier molecular flexibility index (Phi) is 6.72. The third kappa shape index (κ3) is 5.22. The Balaban J connectivity index is 1.48. The largest absolute Gasteiger partial charge is 0.370 e. The minimum atomic E-state index is -0.328. The van der Waals surface area contributed by atoms with Crippen molar-refractivity contribution in [3.05, 3.63) is 29.8 Å². The van der Waals surface area contributed by atoms with Gasteiger partial charge in [-0.3, -0.25) is 14.5 Å². The molecule has 0 unspecified atom stereocenters. The predicted molar refractivity (Wildman–Crippen MR) is 108 cm³/mol. The van der Waals surface area contributed by atoms with Crippen LogP contribution in [0.15, 0.2) is 24.3 Å². The maximum atomic E-state index is 12.4. The maximum absolute atomic E-state index is 12.4. The van der Waals surface area contributed by atoms with Gasteiger partial charge in [0, 0.05) is 63.8 Å². The van der Waals surface area contributed by atoms with Crippen LogP contribution >= 0.6 is 0 Å². The topological polar surface area (TPSA) is 69.9 Å². The molecule has 2 N–H and O–H groups in total. The highest BCUT2D eigenvalue weighted by atomic mass is 16.2. The molecule has 0 saturated carbocycles. The van der Waals surface area contributed by atoms with Crippen molar-refractivity contribution < 1.29 is 9.59 Å². The van der Waals surface area contributed by atoms with Crippen LogP contribution in [0.1, 0.15) is 37.7 Å². The van der Waals surface area contributed by atoms with E-state index in [0.717, 1.165) is 52.1 Å². The molecule has 1 atom stereocenters. The Morgan fingerprint density at radius 3 is 2.52 bits per heavy atom. The van der Waals surface area contributed by atoms with E-state index in [-0.39, 0.29) is 11.8 Å². The summed E-state index contributed by atoms with van der Waals surface area (Å²) in [5.74, 6) is -0.162. The summed E-state index contributed by atoms with van der Waals surface area (Å²) in [6, 6.07) is 9.03. The Bertz CT molecular complexity index is 655. The average molecular weight is 373 g/mol. The van der Waals surface area contributed by atoms with Gasteiger partial charge in [0.25, 0.3) is 0 Å². The van der Waals surface area contributed by atoms with Crippen molar-refractivity contribution in [1.82, 2.24) is 9.80 Å². The Labute approximate surface area is 162 Å². The Hall–Kier alpha value is -2.08. The monoisotopic (exact) mass is 372 g/mol. The lowest BCUT2D eigenvalue weighted by atomic mass is 10.0. The zero-order valence-corrected chi connectivity index (χ0v) is 16.4. The van der Waals surface area contributed by atoms with Crippen LogP contribution in [0.5, 0.6) is 0 Å². The standard InChI is InChI=1S/C21H32N4O2/c1-17-6-2-3-8-19(17)24-14-12-23(13-15-24)18-7-5-11-25(16-18)21(27)10-4-9-20(22)26/h2-3,6,8,18H,4-5,7,9-16H2,1H3,(H2,22,26)/t18-/m1/s1. The number of piperazine rings is 1. The number of rotatable bonds is 6. The molecule has 1 aromatic rings. The minimum Gasteiger partial charge on any atom is -0.370 e. The van der Waals surface area contributed by atoms with Crippen molar-refractivity contribution in [2.24, 2.45) is 5.73 Å². The van der Waals surface area contributed by atoms with Crippen LogP contribution in [0.2, 0.25) is 0 Å². The van der Waals surface area contributed by atoms with E-state index in [4.69, 9.17) is 5.73 Å². The van der Waals surface area contributed by atoms with Gasteiger partial charge in [-0.25, -0.2) is 0 Å². The first-order chi connectivity index (χ1) is 13.0. The van der Waals surface area contributed by atoms with E-state index < -0.39 is 0 Å². The maximum Gasteiger partial charge on any atom is 0.222 e. The molecule has 2 amide bonds. The van der Waals surface area contributed by atoms with Crippen LogP contribution in [0.3, 0.4) is 0 Å². The van der Waals surface area contributed by atoms with Gasteiger partial charge in [-0.15, -0.1) is 0 Å². The van der Waals surface area contributed by atoms with Gasteiger partial charge in [0.15, 0.2) is 0 Å². The molecule has 0 aliphatic carbocycles. The second-order valence-corrected chi connectivity index (χ2v) is 7.77. The normalized spacial score (nSPS) is 21.3. The van der Waals surface area contributed by atoms with Crippen LogP contribution in [-0.2, 0) is 9.59 Å². The van der Waals surface area contributed by atoms with E-state index in [9.17, 15) is 9.59 Å². The predicted octanol–water partition coefficient (Wildman–Crippen LogP) is 1.76. The number of likely N-dealkylation sites (tertiary alicyclic amines) is 1. The van der Waals surface area contributed by atoms with Gasteiger partial charge >= 0.3 is 0 Å². The lowest BCUT2D eigenvalue weighted by Gasteiger charge is -2.44. The molecule has 27 heavy (non-hydrogen) atoms. The number of benzene rings is 1. The van der Waals surface area contributed by atoms with E-state index in [2.05, 4.69) is 41.0 Å². The number of piperidine rings is 1. The van der Waals surface area contributed by atoms with Crippen LogP contribution in [0.25, 0.3) is 0 Å². The summed E-state index contributed by atoms with van der Waals surface area (Å²) in [4.78, 5) is 30.3. The highest BCUT2D eigenvalue weighted by Crippen LogP contribution is 2.23. The molecule has 0 bridgehead atoms. The van der Waals surface area contributed by atoms with E-state index in [1.165, 1.54) is 11.3 Å². The summed E-state index contributed by atoms with van der Waals surface area (Å²) in [6.07, 6.45) is 3.50. The summed E-state index contributed by atoms with van der Waals surface area (Å²) in [6.45, 7) is 7.99. The van der Waals surface area contributed by atoms with Crippen molar-refractivity contribution in [3.63, 3.8) is 0 Å². The number of nitrogens with two attached hydrogens (primary N) is 1. The number of hydrogen-bond acceptors (Lipinski definition) is 4. The van der Waals surface area contributed by atoms with Gasteiger partial charge in [-0.05, 0) is 37.8 Å². The Morgan fingerprint density at radius 2 is 1.81 bits per heavy atom. The number of para-hydroxylation sites is 1. The van der Waals surface area contributed by atoms with Gasteiger partial charge < -0.3 is 15.5 Å². The average Bonchev–Trinajstić information content (AvgIpc) is 2.68. The molecule has 6 heteroatoms. The summed E-state index contributed by atoms with van der Waals surface area (Å²) in [5, 5.41) is 0. The minimum absolute atomic E-state index is 0.166. The molecule has 6 nitrogen and oxygen atoms in total. The summed E-state index contributed by atoms with van der Waals surface area (Å²) in [5.41, 5.74) is 7.83. The molecule has 2 fully saturated rings. The fourth-order valence-electron chi connectivity index (χ4n) is 4.30. The number of hydrogen-bond donors (Lipinski definition) is 1. The fraction of sp³-hybridized carbons (Fsp3) is 0.619. The number of carbonyl (C=O) groups is 2. The number of primary amides is 1. The zero-order chi connectivity index (χ0) is 19.2. The second-order valence-electron chi connectivity index (χ2n) is 7.77. The second kappa shape index (κ2) is 9.22. The fourth-order valence-corrected chi connectivity index (χ4v) is 4.30. The molecule has 148 valence electrons. The van der Waals surface area contributed by atoms with Crippen molar-refractivity contribution in [1.29, 1.82) is 0 Å². The number of carbonyl (C=O) groups excluding carboxylic acids is 2. The first-order valence-electron chi connectivity index (χ1n) is 10.2. The third-order valence-corrected chi connectivity index (χ3v) is 5.85. The van der Waals surface area contributed by atoms with Crippen LogP contribution in [0, 0.1) is 6.92 Å². The number of nitrogens with zero attached hydrogens (tertiary/aromatic N) is 3. The molecule has 2 saturated heterocycles. The van der Waals surface area contributed by atoms with E-state index in [0.29, 0.717) is 25.3 Å². The number of aryl methyl sites for hydroxylation is 1. The van der Waals surface area contributed by atoms with Crippen molar-refractivity contribution in [2.75, 3.05) is 44.2 Å². The lowest BCUT2D eigenvalue weighted by molar-refractivity contribution is -0.133. The molecule has 2 aliphatic heterocycles. The SMILES string of the molecule is Cc1ccccc1N1CCN([C@@H]2CCCN(C(=O)CCCC(N)=O)C2)CC1. The highest BCUT2D eigenvalue weighted by Gasteiger charge is 2.30. The van der Waals surface area contributed by atoms with Crippen LogP contribution in [0.4, 0.5) is 5.69 Å².